The third-order valence-corrected chi connectivity index (χ3v) is 3.15. The Balaban J connectivity index is 2.06. The van der Waals surface area contributed by atoms with Gasteiger partial charge in [0.2, 0.25) is 0 Å². The third kappa shape index (κ3) is 2.52. The Hall–Kier alpha value is -1.69. The standard InChI is InChI=1S/C11H15N3O3/c1-8-6-12-10(5-9(8)14(16)17)13-7-11(15)3-2-4-11/h5-6,15H,2-4,7H2,1H3,(H,12,13). The van der Waals surface area contributed by atoms with E-state index in [1.165, 1.54) is 12.3 Å². The summed E-state index contributed by atoms with van der Waals surface area (Å²) in [5, 5.41) is 23.6. The Morgan fingerprint density at radius 1 is 1.65 bits per heavy atom. The van der Waals surface area contributed by atoms with Crippen LogP contribution < -0.4 is 5.32 Å². The third-order valence-electron chi connectivity index (χ3n) is 3.15. The average Bonchev–Trinajstić information content (AvgIpc) is 2.25. The van der Waals surface area contributed by atoms with Gasteiger partial charge >= 0.3 is 0 Å². The minimum atomic E-state index is -0.665. The molecular formula is C11H15N3O3. The molecule has 0 spiro atoms. The summed E-state index contributed by atoms with van der Waals surface area (Å²) < 4.78 is 0. The van der Waals surface area contributed by atoms with Crippen LogP contribution in [0.1, 0.15) is 24.8 Å². The molecule has 1 saturated carbocycles. The molecule has 0 saturated heterocycles. The summed E-state index contributed by atoms with van der Waals surface area (Å²) in [6.45, 7) is 2.04. The monoisotopic (exact) mass is 237 g/mol. The lowest BCUT2D eigenvalue weighted by Gasteiger charge is -2.36. The Morgan fingerprint density at radius 3 is 2.88 bits per heavy atom. The molecule has 1 aliphatic carbocycles. The zero-order valence-corrected chi connectivity index (χ0v) is 9.64. The summed E-state index contributed by atoms with van der Waals surface area (Å²) in [6.07, 6.45) is 4.03. The van der Waals surface area contributed by atoms with Gasteiger partial charge in [0.15, 0.2) is 0 Å². The predicted octanol–water partition coefficient (Wildman–Crippen LogP) is 1.63. The van der Waals surface area contributed by atoms with Gasteiger partial charge in [0.25, 0.3) is 5.69 Å². The largest absolute Gasteiger partial charge is 0.388 e. The maximum atomic E-state index is 10.7. The molecule has 6 nitrogen and oxygen atoms in total. The topological polar surface area (TPSA) is 88.3 Å². The van der Waals surface area contributed by atoms with E-state index in [4.69, 9.17) is 0 Å². The van der Waals surface area contributed by atoms with Crippen LogP contribution in [-0.4, -0.2) is 27.2 Å². The first-order valence-corrected chi connectivity index (χ1v) is 5.57. The fourth-order valence-corrected chi connectivity index (χ4v) is 1.82. The Morgan fingerprint density at radius 2 is 2.35 bits per heavy atom. The first kappa shape index (κ1) is 11.8. The van der Waals surface area contributed by atoms with Crippen molar-refractivity contribution in [3.8, 4) is 0 Å². The second kappa shape index (κ2) is 4.29. The molecule has 1 aliphatic rings. The molecule has 0 radical (unpaired) electrons. The number of nitrogens with one attached hydrogen (secondary N) is 1. The van der Waals surface area contributed by atoms with Crippen LogP contribution in [0.25, 0.3) is 0 Å². The van der Waals surface area contributed by atoms with Crippen LogP contribution in [0.5, 0.6) is 0 Å². The number of rotatable bonds is 4. The van der Waals surface area contributed by atoms with Gasteiger partial charge in [-0.05, 0) is 26.2 Å². The fourth-order valence-electron chi connectivity index (χ4n) is 1.82. The van der Waals surface area contributed by atoms with Gasteiger partial charge in [-0.25, -0.2) is 4.98 Å². The molecule has 1 aromatic heterocycles. The minimum Gasteiger partial charge on any atom is -0.388 e. The van der Waals surface area contributed by atoms with Crippen LogP contribution in [0.2, 0.25) is 0 Å². The van der Waals surface area contributed by atoms with Crippen LogP contribution in [0, 0.1) is 17.0 Å². The predicted molar refractivity (Wildman–Crippen MR) is 62.9 cm³/mol. The van der Waals surface area contributed by atoms with Crippen molar-refractivity contribution in [2.24, 2.45) is 0 Å². The second-order valence-corrected chi connectivity index (χ2v) is 4.54. The molecule has 0 bridgehead atoms. The zero-order chi connectivity index (χ0) is 12.5. The molecule has 2 rings (SSSR count). The molecular weight excluding hydrogens is 222 g/mol. The van der Waals surface area contributed by atoms with Crippen molar-refractivity contribution < 1.29 is 10.0 Å². The molecule has 0 atom stereocenters. The van der Waals surface area contributed by atoms with Crippen molar-refractivity contribution in [2.45, 2.75) is 31.8 Å². The Bertz CT molecular complexity index is 444. The molecule has 17 heavy (non-hydrogen) atoms. The first-order valence-electron chi connectivity index (χ1n) is 5.57. The van der Waals surface area contributed by atoms with Crippen molar-refractivity contribution in [2.75, 3.05) is 11.9 Å². The number of hydrogen-bond acceptors (Lipinski definition) is 5. The highest BCUT2D eigenvalue weighted by Crippen LogP contribution is 2.31. The maximum Gasteiger partial charge on any atom is 0.277 e. The summed E-state index contributed by atoms with van der Waals surface area (Å²) >= 11 is 0. The number of aliphatic hydroxyl groups is 1. The van der Waals surface area contributed by atoms with Gasteiger partial charge in [-0.1, -0.05) is 0 Å². The highest BCUT2D eigenvalue weighted by molar-refractivity contribution is 5.49. The van der Waals surface area contributed by atoms with Crippen molar-refractivity contribution in [3.05, 3.63) is 27.9 Å². The van der Waals surface area contributed by atoms with E-state index in [1.807, 2.05) is 0 Å². The fraction of sp³-hybridized carbons (Fsp3) is 0.545. The normalized spacial score (nSPS) is 17.3. The van der Waals surface area contributed by atoms with Crippen molar-refractivity contribution in [1.29, 1.82) is 0 Å². The van der Waals surface area contributed by atoms with Gasteiger partial charge in [-0.3, -0.25) is 10.1 Å². The number of aryl methyl sites for hydroxylation is 1. The number of pyridine rings is 1. The molecule has 6 heteroatoms. The molecule has 0 unspecified atom stereocenters. The number of hydrogen-bond donors (Lipinski definition) is 2. The first-order chi connectivity index (χ1) is 8.00. The van der Waals surface area contributed by atoms with E-state index in [1.54, 1.807) is 6.92 Å². The van der Waals surface area contributed by atoms with Crippen molar-refractivity contribution >= 4 is 11.5 Å². The van der Waals surface area contributed by atoms with E-state index >= 15 is 0 Å². The number of nitro groups is 1. The summed E-state index contributed by atoms with van der Waals surface area (Å²) in [5.74, 6) is 0.433. The van der Waals surface area contributed by atoms with E-state index in [2.05, 4.69) is 10.3 Å². The highest BCUT2D eigenvalue weighted by Gasteiger charge is 2.34. The molecule has 0 aliphatic heterocycles. The van der Waals surface area contributed by atoms with Crippen LogP contribution >= 0.6 is 0 Å². The summed E-state index contributed by atoms with van der Waals surface area (Å²) in [7, 11) is 0. The van der Waals surface area contributed by atoms with E-state index in [0.29, 0.717) is 17.9 Å². The van der Waals surface area contributed by atoms with Crippen LogP contribution in [-0.2, 0) is 0 Å². The summed E-state index contributed by atoms with van der Waals surface area (Å²) in [6, 6.07) is 1.40. The van der Waals surface area contributed by atoms with Gasteiger partial charge in [-0.15, -0.1) is 0 Å². The molecule has 0 aromatic carbocycles. The minimum absolute atomic E-state index is 0.0445. The quantitative estimate of drug-likeness (QED) is 0.613. The molecule has 1 aromatic rings. The van der Waals surface area contributed by atoms with Gasteiger partial charge in [-0.2, -0.15) is 0 Å². The summed E-state index contributed by atoms with van der Waals surface area (Å²) in [5.41, 5.74) is -0.0903. The lowest BCUT2D eigenvalue weighted by Crippen LogP contribution is -2.43. The molecule has 1 fully saturated rings. The lowest BCUT2D eigenvalue weighted by molar-refractivity contribution is -0.385. The Kier molecular flexibility index (Phi) is 2.97. The number of aromatic nitrogens is 1. The maximum absolute atomic E-state index is 10.7. The van der Waals surface area contributed by atoms with E-state index < -0.39 is 10.5 Å². The number of anilines is 1. The van der Waals surface area contributed by atoms with Gasteiger partial charge in [0.05, 0.1) is 16.6 Å². The second-order valence-electron chi connectivity index (χ2n) is 4.54. The Labute approximate surface area is 98.8 Å². The van der Waals surface area contributed by atoms with E-state index in [9.17, 15) is 15.2 Å². The highest BCUT2D eigenvalue weighted by atomic mass is 16.6. The average molecular weight is 237 g/mol. The van der Waals surface area contributed by atoms with E-state index in [-0.39, 0.29) is 5.69 Å². The van der Waals surface area contributed by atoms with Gasteiger partial charge in [0, 0.05) is 18.3 Å². The van der Waals surface area contributed by atoms with Gasteiger partial charge in [0.1, 0.15) is 5.82 Å². The SMILES string of the molecule is Cc1cnc(NCC2(O)CCC2)cc1[N+](=O)[O-]. The van der Waals surface area contributed by atoms with Crippen LogP contribution in [0.3, 0.4) is 0 Å². The lowest BCUT2D eigenvalue weighted by atomic mass is 9.80. The van der Waals surface area contributed by atoms with Crippen molar-refractivity contribution in [1.82, 2.24) is 4.98 Å². The van der Waals surface area contributed by atoms with E-state index in [0.717, 1.165) is 19.3 Å². The smallest absolute Gasteiger partial charge is 0.277 e. The van der Waals surface area contributed by atoms with Crippen LogP contribution in [0.4, 0.5) is 11.5 Å². The van der Waals surface area contributed by atoms with Crippen molar-refractivity contribution in [3.63, 3.8) is 0 Å². The summed E-state index contributed by atoms with van der Waals surface area (Å²) in [4.78, 5) is 14.4. The molecule has 1 heterocycles. The molecule has 92 valence electrons. The molecule has 0 amide bonds. The van der Waals surface area contributed by atoms with Crippen LogP contribution in [0.15, 0.2) is 12.3 Å². The zero-order valence-electron chi connectivity index (χ0n) is 9.64. The van der Waals surface area contributed by atoms with Gasteiger partial charge < -0.3 is 10.4 Å². The number of nitrogens with zero attached hydrogens (tertiary/aromatic N) is 2. The molecule has 2 N–H and O–H groups in total.